The van der Waals surface area contributed by atoms with Gasteiger partial charge in [-0.3, -0.25) is 0 Å². The smallest absolute Gasteiger partial charge is 0.145 e. The number of benzene rings is 1. The van der Waals surface area contributed by atoms with E-state index in [1.165, 1.54) is 0 Å². The van der Waals surface area contributed by atoms with E-state index in [0.717, 1.165) is 19.4 Å². The zero-order valence-electron chi connectivity index (χ0n) is 11.5. The third-order valence-corrected chi connectivity index (χ3v) is 3.94. The van der Waals surface area contributed by atoms with Gasteiger partial charge in [0.1, 0.15) is 5.82 Å². The second kappa shape index (κ2) is 6.69. The Morgan fingerprint density at radius 2 is 2.26 bits per heavy atom. The van der Waals surface area contributed by atoms with Gasteiger partial charge in [-0.1, -0.05) is 30.7 Å². The highest BCUT2D eigenvalue weighted by Gasteiger charge is 2.29. The summed E-state index contributed by atoms with van der Waals surface area (Å²) in [6, 6.07) is 5.31. The van der Waals surface area contributed by atoms with Gasteiger partial charge in [0, 0.05) is 6.04 Å². The van der Waals surface area contributed by atoms with Crippen LogP contribution >= 0.6 is 11.6 Å². The fourth-order valence-electron chi connectivity index (χ4n) is 2.67. The molecular formula is C15H21ClFNO. The Hall–Kier alpha value is -0.640. The largest absolute Gasteiger partial charge is 0.374 e. The van der Waals surface area contributed by atoms with Gasteiger partial charge in [0.2, 0.25) is 0 Å². The Kier molecular flexibility index (Phi) is 5.20. The second-order valence-corrected chi connectivity index (χ2v) is 5.55. The SMILES string of the molecule is CCNC(Cc1cccc(Cl)c1F)C1CCC(C)O1. The Bertz CT molecular complexity index is 427. The first-order valence-electron chi connectivity index (χ1n) is 6.93. The van der Waals surface area contributed by atoms with E-state index in [-0.39, 0.29) is 23.0 Å². The number of hydrogen-bond donors (Lipinski definition) is 1. The van der Waals surface area contributed by atoms with Crippen molar-refractivity contribution in [1.82, 2.24) is 5.32 Å². The summed E-state index contributed by atoms with van der Waals surface area (Å²) in [5.41, 5.74) is 0.654. The molecule has 0 aliphatic carbocycles. The van der Waals surface area contributed by atoms with Crippen molar-refractivity contribution in [1.29, 1.82) is 0 Å². The zero-order valence-corrected chi connectivity index (χ0v) is 12.2. The first-order valence-corrected chi connectivity index (χ1v) is 7.31. The minimum absolute atomic E-state index is 0.142. The molecule has 3 atom stereocenters. The van der Waals surface area contributed by atoms with Crippen molar-refractivity contribution < 1.29 is 9.13 Å². The highest BCUT2D eigenvalue weighted by molar-refractivity contribution is 6.30. The molecule has 1 aromatic rings. The highest BCUT2D eigenvalue weighted by atomic mass is 35.5. The van der Waals surface area contributed by atoms with Crippen LogP contribution in [0, 0.1) is 5.82 Å². The number of halogens is 2. The summed E-state index contributed by atoms with van der Waals surface area (Å²) in [6.45, 7) is 4.99. The Morgan fingerprint density at radius 3 is 2.89 bits per heavy atom. The molecule has 0 radical (unpaired) electrons. The van der Waals surface area contributed by atoms with Crippen LogP contribution in [0.4, 0.5) is 4.39 Å². The lowest BCUT2D eigenvalue weighted by molar-refractivity contribution is 0.0322. The van der Waals surface area contributed by atoms with Gasteiger partial charge in [0.25, 0.3) is 0 Å². The molecule has 1 aliphatic rings. The predicted molar refractivity (Wildman–Crippen MR) is 76.1 cm³/mol. The molecule has 1 heterocycles. The van der Waals surface area contributed by atoms with Crippen LogP contribution in [-0.4, -0.2) is 24.8 Å². The summed E-state index contributed by atoms with van der Waals surface area (Å²) in [4.78, 5) is 0. The van der Waals surface area contributed by atoms with Gasteiger partial charge >= 0.3 is 0 Å². The molecule has 1 saturated heterocycles. The predicted octanol–water partition coefficient (Wildman–Crippen LogP) is 3.57. The molecule has 4 heteroatoms. The van der Waals surface area contributed by atoms with Gasteiger partial charge in [0.05, 0.1) is 17.2 Å². The van der Waals surface area contributed by atoms with Crippen LogP contribution in [0.1, 0.15) is 32.3 Å². The molecule has 1 aliphatic heterocycles. The molecule has 19 heavy (non-hydrogen) atoms. The Labute approximate surface area is 119 Å². The molecule has 0 amide bonds. The number of hydrogen-bond acceptors (Lipinski definition) is 2. The van der Waals surface area contributed by atoms with Crippen molar-refractivity contribution in [3.63, 3.8) is 0 Å². The van der Waals surface area contributed by atoms with Crippen molar-refractivity contribution in [2.24, 2.45) is 0 Å². The van der Waals surface area contributed by atoms with E-state index in [1.807, 2.05) is 0 Å². The first-order chi connectivity index (χ1) is 9.11. The molecule has 3 unspecified atom stereocenters. The zero-order chi connectivity index (χ0) is 13.8. The maximum absolute atomic E-state index is 14.0. The summed E-state index contributed by atoms with van der Waals surface area (Å²) in [5.74, 6) is -0.307. The quantitative estimate of drug-likeness (QED) is 0.893. The molecule has 0 aromatic heterocycles. The van der Waals surface area contributed by atoms with Crippen molar-refractivity contribution in [2.75, 3.05) is 6.54 Å². The van der Waals surface area contributed by atoms with Crippen molar-refractivity contribution in [3.8, 4) is 0 Å². The standard InChI is InChI=1S/C15H21ClFNO/c1-3-18-13(14-8-7-10(2)19-14)9-11-5-4-6-12(16)15(11)17/h4-6,10,13-14,18H,3,7-9H2,1-2H3. The first kappa shape index (κ1) is 14.8. The maximum atomic E-state index is 14.0. The van der Waals surface area contributed by atoms with E-state index in [0.29, 0.717) is 18.1 Å². The fourth-order valence-corrected chi connectivity index (χ4v) is 2.86. The van der Waals surface area contributed by atoms with Crippen LogP contribution in [0.5, 0.6) is 0 Å². The molecule has 106 valence electrons. The van der Waals surface area contributed by atoms with Crippen LogP contribution in [-0.2, 0) is 11.2 Å². The summed E-state index contributed by atoms with van der Waals surface area (Å²) >= 11 is 5.83. The van der Waals surface area contributed by atoms with Crippen LogP contribution in [0.25, 0.3) is 0 Å². The number of likely N-dealkylation sites (N-methyl/N-ethyl adjacent to an activating group) is 1. The van der Waals surface area contributed by atoms with Gasteiger partial charge in [-0.25, -0.2) is 4.39 Å². The highest BCUT2D eigenvalue weighted by Crippen LogP contribution is 2.25. The topological polar surface area (TPSA) is 21.3 Å². The maximum Gasteiger partial charge on any atom is 0.145 e. The summed E-state index contributed by atoms with van der Waals surface area (Å²) in [7, 11) is 0. The molecule has 2 rings (SSSR count). The normalized spacial score (nSPS) is 24.6. The number of nitrogens with one attached hydrogen (secondary N) is 1. The minimum Gasteiger partial charge on any atom is -0.374 e. The number of rotatable bonds is 5. The van der Waals surface area contributed by atoms with Gasteiger partial charge in [-0.15, -0.1) is 0 Å². The van der Waals surface area contributed by atoms with Gasteiger partial charge in [0.15, 0.2) is 0 Å². The van der Waals surface area contributed by atoms with Crippen LogP contribution in [0.2, 0.25) is 5.02 Å². The lowest BCUT2D eigenvalue weighted by Crippen LogP contribution is -2.41. The van der Waals surface area contributed by atoms with Crippen LogP contribution in [0.15, 0.2) is 18.2 Å². The lowest BCUT2D eigenvalue weighted by atomic mass is 9.99. The molecule has 0 saturated carbocycles. The van der Waals surface area contributed by atoms with Crippen LogP contribution in [0.3, 0.4) is 0 Å². The third-order valence-electron chi connectivity index (χ3n) is 3.65. The van der Waals surface area contributed by atoms with E-state index < -0.39 is 0 Å². The lowest BCUT2D eigenvalue weighted by Gasteiger charge is -2.25. The monoisotopic (exact) mass is 285 g/mol. The summed E-state index contributed by atoms with van der Waals surface area (Å²) < 4.78 is 19.9. The molecule has 2 nitrogen and oxygen atoms in total. The number of ether oxygens (including phenoxy) is 1. The average Bonchev–Trinajstić information content (AvgIpc) is 2.81. The Balaban J connectivity index is 2.09. The summed E-state index contributed by atoms with van der Waals surface area (Å²) in [5, 5.41) is 3.59. The van der Waals surface area contributed by atoms with Crippen molar-refractivity contribution in [2.45, 2.75) is 51.4 Å². The fraction of sp³-hybridized carbons (Fsp3) is 0.600. The third kappa shape index (κ3) is 3.68. The molecule has 1 N–H and O–H groups in total. The van der Waals surface area contributed by atoms with E-state index in [4.69, 9.17) is 16.3 Å². The average molecular weight is 286 g/mol. The van der Waals surface area contributed by atoms with E-state index in [2.05, 4.69) is 19.2 Å². The molecule has 1 fully saturated rings. The molecular weight excluding hydrogens is 265 g/mol. The molecule has 1 aromatic carbocycles. The van der Waals surface area contributed by atoms with E-state index in [1.54, 1.807) is 18.2 Å². The minimum atomic E-state index is -0.307. The summed E-state index contributed by atoms with van der Waals surface area (Å²) in [6.07, 6.45) is 3.17. The van der Waals surface area contributed by atoms with E-state index >= 15 is 0 Å². The van der Waals surface area contributed by atoms with Gasteiger partial charge in [-0.05, 0) is 44.4 Å². The molecule has 0 spiro atoms. The van der Waals surface area contributed by atoms with Gasteiger partial charge < -0.3 is 10.1 Å². The van der Waals surface area contributed by atoms with Crippen LogP contribution < -0.4 is 5.32 Å². The molecule has 0 bridgehead atoms. The second-order valence-electron chi connectivity index (χ2n) is 5.14. The van der Waals surface area contributed by atoms with Gasteiger partial charge in [-0.2, -0.15) is 0 Å². The van der Waals surface area contributed by atoms with Crippen molar-refractivity contribution in [3.05, 3.63) is 34.6 Å². The van der Waals surface area contributed by atoms with E-state index in [9.17, 15) is 4.39 Å². The van der Waals surface area contributed by atoms with Crippen molar-refractivity contribution >= 4 is 11.6 Å². The Morgan fingerprint density at radius 1 is 1.47 bits per heavy atom.